The van der Waals surface area contributed by atoms with Crippen molar-refractivity contribution in [3.63, 3.8) is 0 Å². The van der Waals surface area contributed by atoms with Gasteiger partial charge in [-0.15, -0.1) is 16.4 Å². The zero-order valence-electron chi connectivity index (χ0n) is 14.7. The molecule has 0 atom stereocenters. The Bertz CT molecular complexity index is 1130. The fourth-order valence-electron chi connectivity index (χ4n) is 2.63. The summed E-state index contributed by atoms with van der Waals surface area (Å²) in [6, 6.07) is 9.12. The Morgan fingerprint density at radius 2 is 1.96 bits per heavy atom. The molecule has 2 N–H and O–H groups in total. The maximum atomic E-state index is 11.2. The van der Waals surface area contributed by atoms with E-state index >= 15 is 0 Å². The van der Waals surface area contributed by atoms with E-state index in [0.29, 0.717) is 22.3 Å². The number of fused-ring (bicyclic) bond motifs is 1. The van der Waals surface area contributed by atoms with E-state index < -0.39 is 5.91 Å². The quantitative estimate of drug-likeness (QED) is 0.520. The lowest BCUT2D eigenvalue weighted by molar-refractivity contribution is 0.100. The zero-order valence-corrected chi connectivity index (χ0v) is 16.3. The van der Waals surface area contributed by atoms with Crippen LogP contribution in [0, 0.1) is 13.8 Å². The van der Waals surface area contributed by atoms with E-state index in [2.05, 4.69) is 20.1 Å². The smallest absolute Gasteiger partial charge is 0.253 e. The number of nitrogens with zero attached hydrogens (tertiary/aromatic N) is 5. The number of hydrogen-bond donors (Lipinski definition) is 1. The minimum absolute atomic E-state index is 0.433. The van der Waals surface area contributed by atoms with Crippen molar-refractivity contribution in [3.05, 3.63) is 58.4 Å². The van der Waals surface area contributed by atoms with Crippen molar-refractivity contribution in [2.45, 2.75) is 24.8 Å². The number of primary amides is 1. The summed E-state index contributed by atoms with van der Waals surface area (Å²) in [7, 11) is 0. The molecule has 0 saturated heterocycles. The number of nitrogens with two attached hydrogens (primary N) is 1. The molecule has 4 rings (SSSR count). The van der Waals surface area contributed by atoms with Crippen LogP contribution in [0.5, 0.6) is 0 Å². The maximum Gasteiger partial charge on any atom is 0.253 e. The van der Waals surface area contributed by atoms with Crippen molar-refractivity contribution in [1.29, 1.82) is 0 Å². The fourth-order valence-corrected chi connectivity index (χ4v) is 4.27. The molecule has 9 heteroatoms. The molecular formula is C18H16N6OS2. The van der Waals surface area contributed by atoms with E-state index in [0.717, 1.165) is 27.7 Å². The normalized spacial score (nSPS) is 11.2. The van der Waals surface area contributed by atoms with Crippen molar-refractivity contribution < 1.29 is 4.79 Å². The van der Waals surface area contributed by atoms with Crippen molar-refractivity contribution in [2.75, 3.05) is 0 Å². The second-order valence-corrected chi connectivity index (χ2v) is 7.82. The predicted octanol–water partition coefficient (Wildman–Crippen LogP) is 3.26. The molecule has 136 valence electrons. The Balaban J connectivity index is 1.48. The minimum Gasteiger partial charge on any atom is -0.366 e. The number of thioether (sulfide) groups is 1. The Hall–Kier alpha value is -2.78. The third-order valence-electron chi connectivity index (χ3n) is 3.92. The summed E-state index contributed by atoms with van der Waals surface area (Å²) in [6.07, 6.45) is 0. The zero-order chi connectivity index (χ0) is 19.0. The summed E-state index contributed by atoms with van der Waals surface area (Å²) in [5.41, 5.74) is 9.61. The molecule has 3 heterocycles. The van der Waals surface area contributed by atoms with Crippen molar-refractivity contribution >= 4 is 34.8 Å². The van der Waals surface area contributed by atoms with Crippen LogP contribution in [0.25, 0.3) is 16.3 Å². The van der Waals surface area contributed by atoms with Gasteiger partial charge < -0.3 is 5.73 Å². The standard InChI is InChI=1S/C18H16N6OS2/c1-10-7-11(2)24-17(20-10)22-18(23-24)27-9-14-8-26-16(21-14)13-5-3-12(4-6-13)15(19)25/h3-8H,9H2,1-2H3,(H2,19,25). The van der Waals surface area contributed by atoms with Crippen molar-refractivity contribution in [3.8, 4) is 10.6 Å². The van der Waals surface area contributed by atoms with Gasteiger partial charge in [0.25, 0.3) is 5.78 Å². The monoisotopic (exact) mass is 396 g/mol. The first-order valence-electron chi connectivity index (χ1n) is 8.18. The average Bonchev–Trinajstić information content (AvgIpc) is 3.27. The number of hydrogen-bond acceptors (Lipinski definition) is 7. The third-order valence-corrected chi connectivity index (χ3v) is 5.73. The van der Waals surface area contributed by atoms with E-state index in [-0.39, 0.29) is 0 Å². The van der Waals surface area contributed by atoms with E-state index in [1.807, 2.05) is 37.4 Å². The molecule has 0 saturated carbocycles. The molecule has 0 bridgehead atoms. The van der Waals surface area contributed by atoms with Crippen molar-refractivity contribution in [1.82, 2.24) is 24.6 Å². The van der Waals surface area contributed by atoms with Crippen LogP contribution >= 0.6 is 23.1 Å². The van der Waals surface area contributed by atoms with Crippen LogP contribution < -0.4 is 5.73 Å². The molecular weight excluding hydrogens is 380 g/mol. The van der Waals surface area contributed by atoms with Gasteiger partial charge in [0.05, 0.1) is 5.69 Å². The van der Waals surface area contributed by atoms with Gasteiger partial charge in [-0.05, 0) is 32.0 Å². The topological polar surface area (TPSA) is 99.1 Å². The molecule has 4 aromatic rings. The van der Waals surface area contributed by atoms with E-state index in [1.165, 1.54) is 11.8 Å². The van der Waals surface area contributed by atoms with Gasteiger partial charge >= 0.3 is 0 Å². The lowest BCUT2D eigenvalue weighted by atomic mass is 10.1. The Morgan fingerprint density at radius 3 is 2.70 bits per heavy atom. The van der Waals surface area contributed by atoms with Crippen LogP contribution in [0.15, 0.2) is 40.9 Å². The van der Waals surface area contributed by atoms with Gasteiger partial charge in [-0.25, -0.2) is 14.5 Å². The molecule has 0 aliphatic rings. The molecule has 0 unspecified atom stereocenters. The van der Waals surface area contributed by atoms with Crippen LogP contribution in [-0.4, -0.2) is 30.5 Å². The second kappa shape index (κ2) is 7.09. The third kappa shape index (κ3) is 3.69. The number of aryl methyl sites for hydroxylation is 2. The van der Waals surface area contributed by atoms with Crippen LogP contribution in [0.3, 0.4) is 0 Å². The summed E-state index contributed by atoms with van der Waals surface area (Å²) >= 11 is 3.09. The summed E-state index contributed by atoms with van der Waals surface area (Å²) in [5, 5.41) is 8.10. The lowest BCUT2D eigenvalue weighted by Crippen LogP contribution is -2.10. The van der Waals surface area contributed by atoms with Crippen LogP contribution in [0.1, 0.15) is 27.4 Å². The van der Waals surface area contributed by atoms with Gasteiger partial charge in [0.2, 0.25) is 11.1 Å². The van der Waals surface area contributed by atoms with E-state index in [9.17, 15) is 4.79 Å². The first-order chi connectivity index (χ1) is 13.0. The highest BCUT2D eigenvalue weighted by atomic mass is 32.2. The van der Waals surface area contributed by atoms with Crippen LogP contribution in [-0.2, 0) is 5.75 Å². The van der Waals surface area contributed by atoms with E-state index in [4.69, 9.17) is 5.73 Å². The number of benzene rings is 1. The fraction of sp³-hybridized carbons (Fsp3) is 0.167. The highest BCUT2D eigenvalue weighted by Gasteiger charge is 2.11. The second-order valence-electron chi connectivity index (χ2n) is 6.02. The number of aromatic nitrogens is 5. The number of amides is 1. The Labute approximate surface area is 163 Å². The predicted molar refractivity (Wildman–Crippen MR) is 106 cm³/mol. The number of rotatable bonds is 5. The number of thiazole rings is 1. The van der Waals surface area contributed by atoms with Crippen molar-refractivity contribution in [2.24, 2.45) is 5.73 Å². The largest absolute Gasteiger partial charge is 0.366 e. The van der Waals surface area contributed by atoms with Crippen LogP contribution in [0.4, 0.5) is 0 Å². The number of carbonyl (C=O) groups is 1. The van der Waals surface area contributed by atoms with Gasteiger partial charge in [-0.3, -0.25) is 4.79 Å². The average molecular weight is 397 g/mol. The molecule has 3 aromatic heterocycles. The summed E-state index contributed by atoms with van der Waals surface area (Å²) in [5.74, 6) is 0.853. The highest BCUT2D eigenvalue weighted by Crippen LogP contribution is 2.27. The van der Waals surface area contributed by atoms with Gasteiger partial charge in [0.1, 0.15) is 5.01 Å². The minimum atomic E-state index is -0.433. The van der Waals surface area contributed by atoms with Gasteiger partial charge in [-0.2, -0.15) is 4.98 Å². The van der Waals surface area contributed by atoms with Gasteiger partial charge in [0.15, 0.2) is 0 Å². The first kappa shape index (κ1) is 17.6. The lowest BCUT2D eigenvalue weighted by Gasteiger charge is -1.98. The molecule has 27 heavy (non-hydrogen) atoms. The molecule has 1 amide bonds. The van der Waals surface area contributed by atoms with Gasteiger partial charge in [0, 0.05) is 33.6 Å². The molecule has 0 radical (unpaired) electrons. The number of carbonyl (C=O) groups excluding carboxylic acids is 1. The molecule has 7 nitrogen and oxygen atoms in total. The molecule has 0 aliphatic heterocycles. The van der Waals surface area contributed by atoms with Gasteiger partial charge in [-0.1, -0.05) is 23.9 Å². The molecule has 0 spiro atoms. The SMILES string of the molecule is Cc1cc(C)n2nc(SCc3csc(-c4ccc(C(N)=O)cc4)n3)nc2n1. The Kier molecular flexibility index (Phi) is 4.63. The molecule has 0 fully saturated rings. The maximum absolute atomic E-state index is 11.2. The van der Waals surface area contributed by atoms with E-state index in [1.54, 1.807) is 28.0 Å². The van der Waals surface area contributed by atoms with Crippen LogP contribution in [0.2, 0.25) is 0 Å². The first-order valence-corrected chi connectivity index (χ1v) is 10.0. The molecule has 1 aromatic carbocycles. The Morgan fingerprint density at radius 1 is 1.19 bits per heavy atom. The summed E-state index contributed by atoms with van der Waals surface area (Å²) < 4.78 is 1.75. The summed E-state index contributed by atoms with van der Waals surface area (Å²) in [6.45, 7) is 3.93. The molecule has 0 aliphatic carbocycles. The highest BCUT2D eigenvalue weighted by molar-refractivity contribution is 7.98. The summed E-state index contributed by atoms with van der Waals surface area (Å²) in [4.78, 5) is 24.7.